The first-order valence-electron chi connectivity index (χ1n) is 7.47. The van der Waals surface area contributed by atoms with E-state index in [1.165, 1.54) is 32.4 Å². The lowest BCUT2D eigenvalue weighted by Gasteiger charge is -2.31. The Balaban J connectivity index is 2.20. The van der Waals surface area contributed by atoms with Gasteiger partial charge in [-0.1, -0.05) is 27.7 Å². The van der Waals surface area contributed by atoms with Gasteiger partial charge in [0.2, 0.25) is 0 Å². The summed E-state index contributed by atoms with van der Waals surface area (Å²) < 4.78 is 0. The molecule has 1 aliphatic carbocycles. The largest absolute Gasteiger partial charge is 0.315 e. The quantitative estimate of drug-likeness (QED) is 0.623. The number of hydrogen-bond acceptors (Lipinski definition) is 2. The van der Waals surface area contributed by atoms with E-state index in [2.05, 4.69) is 44.8 Å². The lowest BCUT2D eigenvalue weighted by atomic mass is 10.1. The summed E-state index contributed by atoms with van der Waals surface area (Å²) in [5, 5.41) is 3.61. The van der Waals surface area contributed by atoms with E-state index < -0.39 is 0 Å². The molecule has 0 bridgehead atoms. The van der Waals surface area contributed by atoms with E-state index in [9.17, 15) is 0 Å². The van der Waals surface area contributed by atoms with E-state index in [0.717, 1.165) is 24.4 Å². The fraction of sp³-hybridized carbons (Fsp3) is 1.00. The maximum Gasteiger partial charge on any atom is 0.0195 e. The third-order valence-corrected chi connectivity index (χ3v) is 3.50. The summed E-state index contributed by atoms with van der Waals surface area (Å²) >= 11 is 0. The number of nitrogens with one attached hydrogen (secondary N) is 1. The van der Waals surface area contributed by atoms with Gasteiger partial charge >= 0.3 is 0 Å². The summed E-state index contributed by atoms with van der Waals surface area (Å²) in [6.45, 7) is 15.2. The molecule has 1 atom stereocenters. The second-order valence-electron chi connectivity index (χ2n) is 6.56. The van der Waals surface area contributed by atoms with Crippen molar-refractivity contribution in [2.75, 3.05) is 19.6 Å². The van der Waals surface area contributed by atoms with Gasteiger partial charge in [-0.15, -0.1) is 0 Å². The lowest BCUT2D eigenvalue weighted by Crippen LogP contribution is -2.43. The van der Waals surface area contributed by atoms with Gasteiger partial charge in [0.25, 0.3) is 0 Å². The smallest absolute Gasteiger partial charge is 0.0195 e. The monoisotopic (exact) mass is 240 g/mol. The van der Waals surface area contributed by atoms with Crippen molar-refractivity contribution in [1.29, 1.82) is 0 Å². The van der Waals surface area contributed by atoms with Crippen LogP contribution in [-0.2, 0) is 0 Å². The summed E-state index contributed by atoms with van der Waals surface area (Å²) in [6.07, 6.45) is 4.13. The molecule has 1 fully saturated rings. The average molecular weight is 240 g/mol. The third kappa shape index (κ3) is 6.42. The molecule has 0 amide bonds. The number of hydrogen-bond donors (Lipinski definition) is 1. The SMILES string of the molecule is CC(C)CCNCC(C)N(CC(C)C)C1CC1. The molecule has 2 nitrogen and oxygen atoms in total. The van der Waals surface area contributed by atoms with Gasteiger partial charge in [0.05, 0.1) is 0 Å². The Kier molecular flexibility index (Phi) is 6.50. The number of nitrogens with zero attached hydrogens (tertiary/aromatic N) is 1. The van der Waals surface area contributed by atoms with Crippen LogP contribution in [0.15, 0.2) is 0 Å². The molecule has 0 aromatic carbocycles. The summed E-state index contributed by atoms with van der Waals surface area (Å²) in [7, 11) is 0. The minimum atomic E-state index is 0.692. The third-order valence-electron chi connectivity index (χ3n) is 3.50. The summed E-state index contributed by atoms with van der Waals surface area (Å²) in [6, 6.07) is 1.58. The van der Waals surface area contributed by atoms with Crippen LogP contribution in [-0.4, -0.2) is 36.6 Å². The summed E-state index contributed by atoms with van der Waals surface area (Å²) in [4.78, 5) is 2.72. The Morgan fingerprint density at radius 3 is 2.18 bits per heavy atom. The van der Waals surface area contributed by atoms with Crippen molar-refractivity contribution in [3.8, 4) is 0 Å². The van der Waals surface area contributed by atoms with Crippen molar-refractivity contribution in [2.24, 2.45) is 11.8 Å². The Morgan fingerprint density at radius 2 is 1.71 bits per heavy atom. The lowest BCUT2D eigenvalue weighted by molar-refractivity contribution is 0.173. The molecule has 0 radical (unpaired) electrons. The molecule has 1 unspecified atom stereocenters. The minimum Gasteiger partial charge on any atom is -0.315 e. The van der Waals surface area contributed by atoms with E-state index in [-0.39, 0.29) is 0 Å². The van der Waals surface area contributed by atoms with Gasteiger partial charge in [0, 0.05) is 25.2 Å². The minimum absolute atomic E-state index is 0.692. The molecule has 1 N–H and O–H groups in total. The molecular weight excluding hydrogens is 208 g/mol. The first kappa shape index (κ1) is 15.0. The predicted molar refractivity (Wildman–Crippen MR) is 76.4 cm³/mol. The van der Waals surface area contributed by atoms with Gasteiger partial charge in [-0.25, -0.2) is 0 Å². The molecule has 1 rings (SSSR count). The normalized spacial score (nSPS) is 18.4. The standard InChI is InChI=1S/C15H32N2/c1-12(2)8-9-16-10-14(5)17(11-13(3)4)15-6-7-15/h12-16H,6-11H2,1-5H3. The van der Waals surface area contributed by atoms with Crippen LogP contribution in [0.3, 0.4) is 0 Å². The van der Waals surface area contributed by atoms with Gasteiger partial charge in [0.1, 0.15) is 0 Å². The molecule has 17 heavy (non-hydrogen) atoms. The van der Waals surface area contributed by atoms with Crippen LogP contribution in [0.4, 0.5) is 0 Å². The first-order chi connectivity index (χ1) is 8.00. The van der Waals surface area contributed by atoms with Crippen LogP contribution in [0.25, 0.3) is 0 Å². The van der Waals surface area contributed by atoms with Crippen molar-refractivity contribution >= 4 is 0 Å². The fourth-order valence-corrected chi connectivity index (χ4v) is 2.34. The van der Waals surface area contributed by atoms with Crippen LogP contribution in [0.2, 0.25) is 0 Å². The fourth-order valence-electron chi connectivity index (χ4n) is 2.34. The Bertz CT molecular complexity index is 197. The van der Waals surface area contributed by atoms with Crippen LogP contribution in [0.1, 0.15) is 53.9 Å². The van der Waals surface area contributed by atoms with Crippen molar-refractivity contribution in [3.05, 3.63) is 0 Å². The zero-order valence-corrected chi connectivity index (χ0v) is 12.5. The van der Waals surface area contributed by atoms with Gasteiger partial charge < -0.3 is 5.32 Å². The maximum absolute atomic E-state index is 3.61. The average Bonchev–Trinajstić information content (AvgIpc) is 3.03. The zero-order chi connectivity index (χ0) is 12.8. The van der Waals surface area contributed by atoms with E-state index in [1.54, 1.807) is 0 Å². The van der Waals surface area contributed by atoms with Crippen LogP contribution >= 0.6 is 0 Å². The van der Waals surface area contributed by atoms with Crippen molar-refractivity contribution in [2.45, 2.75) is 66.0 Å². The van der Waals surface area contributed by atoms with Gasteiger partial charge in [-0.2, -0.15) is 0 Å². The van der Waals surface area contributed by atoms with E-state index in [1.807, 2.05) is 0 Å². The van der Waals surface area contributed by atoms with Gasteiger partial charge in [-0.3, -0.25) is 4.90 Å². The molecule has 0 aromatic rings. The molecule has 0 spiro atoms. The second kappa shape index (κ2) is 7.38. The highest BCUT2D eigenvalue weighted by Gasteiger charge is 2.31. The van der Waals surface area contributed by atoms with E-state index in [4.69, 9.17) is 0 Å². The Hall–Kier alpha value is -0.0800. The molecule has 0 aliphatic heterocycles. The summed E-state index contributed by atoms with van der Waals surface area (Å²) in [5.74, 6) is 1.60. The highest BCUT2D eigenvalue weighted by Crippen LogP contribution is 2.29. The van der Waals surface area contributed by atoms with Crippen LogP contribution in [0.5, 0.6) is 0 Å². The molecule has 1 aliphatic rings. The Morgan fingerprint density at radius 1 is 1.06 bits per heavy atom. The van der Waals surface area contributed by atoms with Crippen LogP contribution in [0, 0.1) is 11.8 Å². The molecule has 0 aromatic heterocycles. The molecule has 0 saturated heterocycles. The first-order valence-corrected chi connectivity index (χ1v) is 7.47. The second-order valence-corrected chi connectivity index (χ2v) is 6.56. The molecule has 1 saturated carbocycles. The molecule has 2 heteroatoms. The maximum atomic E-state index is 3.61. The van der Waals surface area contributed by atoms with Crippen molar-refractivity contribution in [3.63, 3.8) is 0 Å². The summed E-state index contributed by atoms with van der Waals surface area (Å²) in [5.41, 5.74) is 0. The topological polar surface area (TPSA) is 15.3 Å². The Labute approximate surface area is 108 Å². The number of rotatable bonds is 9. The van der Waals surface area contributed by atoms with E-state index in [0.29, 0.717) is 6.04 Å². The zero-order valence-electron chi connectivity index (χ0n) is 12.5. The highest BCUT2D eigenvalue weighted by molar-refractivity contribution is 4.88. The van der Waals surface area contributed by atoms with Crippen molar-refractivity contribution in [1.82, 2.24) is 10.2 Å². The highest BCUT2D eigenvalue weighted by atomic mass is 15.2. The van der Waals surface area contributed by atoms with Crippen molar-refractivity contribution < 1.29 is 0 Å². The van der Waals surface area contributed by atoms with Gasteiger partial charge in [0.15, 0.2) is 0 Å². The van der Waals surface area contributed by atoms with Gasteiger partial charge in [-0.05, 0) is 44.6 Å². The predicted octanol–water partition coefficient (Wildman–Crippen LogP) is 3.13. The molecule has 0 heterocycles. The molecular formula is C15H32N2. The molecule has 102 valence electrons. The van der Waals surface area contributed by atoms with Crippen LogP contribution < -0.4 is 5.32 Å². The van der Waals surface area contributed by atoms with E-state index >= 15 is 0 Å².